The fourth-order valence-corrected chi connectivity index (χ4v) is 2.63. The molecule has 0 spiro atoms. The van der Waals surface area contributed by atoms with Gasteiger partial charge in [-0.2, -0.15) is 0 Å². The zero-order valence-corrected chi connectivity index (χ0v) is 9.88. The first-order valence-corrected chi connectivity index (χ1v) is 6.17. The molecule has 2 fully saturated rings. The highest BCUT2D eigenvalue weighted by molar-refractivity contribution is 5.83. The molecule has 0 radical (unpaired) electrons. The minimum absolute atomic E-state index is 0.0530. The molecule has 1 N–H and O–H groups in total. The summed E-state index contributed by atoms with van der Waals surface area (Å²) in [6.45, 7) is 4.15. The van der Waals surface area contributed by atoms with E-state index < -0.39 is 0 Å². The molecule has 0 aromatic carbocycles. The monoisotopic (exact) mass is 210 g/mol. The van der Waals surface area contributed by atoms with E-state index in [1.165, 1.54) is 12.8 Å². The van der Waals surface area contributed by atoms with Gasteiger partial charge < -0.3 is 10.2 Å². The van der Waals surface area contributed by atoms with Crippen molar-refractivity contribution in [3.63, 3.8) is 0 Å². The van der Waals surface area contributed by atoms with E-state index in [9.17, 15) is 4.79 Å². The van der Waals surface area contributed by atoms with E-state index in [4.69, 9.17) is 0 Å². The Morgan fingerprint density at radius 3 is 2.47 bits per heavy atom. The first kappa shape index (κ1) is 10.9. The van der Waals surface area contributed by atoms with Gasteiger partial charge in [-0.05, 0) is 45.2 Å². The fourth-order valence-electron chi connectivity index (χ4n) is 2.63. The normalized spacial score (nSPS) is 24.9. The molecule has 15 heavy (non-hydrogen) atoms. The second-order valence-electron chi connectivity index (χ2n) is 5.03. The number of amides is 1. The molecule has 0 aromatic rings. The average molecular weight is 210 g/mol. The summed E-state index contributed by atoms with van der Waals surface area (Å²) >= 11 is 0. The Labute approximate surface area is 92.2 Å². The quantitative estimate of drug-likeness (QED) is 0.763. The van der Waals surface area contributed by atoms with Crippen LogP contribution in [-0.2, 0) is 4.79 Å². The number of piperidine rings is 1. The lowest BCUT2D eigenvalue weighted by molar-refractivity contribution is -0.143. The highest BCUT2D eigenvalue weighted by Gasteiger charge is 2.42. The Balaban J connectivity index is 2.06. The maximum atomic E-state index is 12.4. The minimum atomic E-state index is -0.0530. The number of nitrogens with zero attached hydrogens (tertiary/aromatic N) is 1. The van der Waals surface area contributed by atoms with Crippen molar-refractivity contribution < 1.29 is 4.79 Å². The van der Waals surface area contributed by atoms with Crippen molar-refractivity contribution >= 4 is 5.91 Å². The van der Waals surface area contributed by atoms with E-state index in [-0.39, 0.29) is 5.41 Å². The molecule has 1 aliphatic carbocycles. The first-order valence-electron chi connectivity index (χ1n) is 6.17. The van der Waals surface area contributed by atoms with Crippen LogP contribution in [0.3, 0.4) is 0 Å². The highest BCUT2D eigenvalue weighted by Crippen LogP contribution is 2.37. The van der Waals surface area contributed by atoms with E-state index in [0.717, 1.165) is 32.4 Å². The Hall–Kier alpha value is -0.570. The van der Waals surface area contributed by atoms with Crippen molar-refractivity contribution in [3.8, 4) is 0 Å². The smallest absolute Gasteiger partial charge is 0.228 e. The van der Waals surface area contributed by atoms with Gasteiger partial charge in [0.05, 0.1) is 5.41 Å². The maximum Gasteiger partial charge on any atom is 0.228 e. The molecule has 0 atom stereocenters. The number of nitrogens with one attached hydrogen (secondary N) is 1. The second-order valence-corrected chi connectivity index (χ2v) is 5.03. The lowest BCUT2D eigenvalue weighted by Crippen LogP contribution is -2.48. The standard InChI is InChI=1S/C12H22N2O/c1-3-12(6-8-13-9-7-12)11(15)14(2)10-4-5-10/h10,13H,3-9H2,1-2H3. The van der Waals surface area contributed by atoms with Gasteiger partial charge in [-0.15, -0.1) is 0 Å². The molecule has 0 unspecified atom stereocenters. The second kappa shape index (κ2) is 4.12. The van der Waals surface area contributed by atoms with Crippen LogP contribution in [0.5, 0.6) is 0 Å². The van der Waals surface area contributed by atoms with Crippen LogP contribution in [-0.4, -0.2) is 37.0 Å². The van der Waals surface area contributed by atoms with Gasteiger partial charge in [0.1, 0.15) is 0 Å². The summed E-state index contributed by atoms with van der Waals surface area (Å²) in [6, 6.07) is 0.552. The van der Waals surface area contributed by atoms with E-state index in [2.05, 4.69) is 12.2 Å². The van der Waals surface area contributed by atoms with Crippen LogP contribution >= 0.6 is 0 Å². The number of carbonyl (C=O) groups excluding carboxylic acids is 1. The predicted molar refractivity (Wildman–Crippen MR) is 60.6 cm³/mol. The third-order valence-electron chi connectivity index (χ3n) is 4.11. The van der Waals surface area contributed by atoms with E-state index in [1.54, 1.807) is 0 Å². The van der Waals surface area contributed by atoms with Crippen LogP contribution in [0.4, 0.5) is 0 Å². The summed E-state index contributed by atoms with van der Waals surface area (Å²) in [5.41, 5.74) is -0.0530. The molecule has 2 rings (SSSR count). The summed E-state index contributed by atoms with van der Waals surface area (Å²) in [5.74, 6) is 0.397. The van der Waals surface area contributed by atoms with Gasteiger partial charge in [-0.1, -0.05) is 6.92 Å². The van der Waals surface area contributed by atoms with Gasteiger partial charge in [0.15, 0.2) is 0 Å². The molecule has 2 aliphatic rings. The molecule has 86 valence electrons. The Bertz CT molecular complexity index is 242. The third-order valence-corrected chi connectivity index (χ3v) is 4.11. The van der Waals surface area contributed by atoms with Gasteiger partial charge in [0.25, 0.3) is 0 Å². The summed E-state index contributed by atoms with van der Waals surface area (Å²) in [6.07, 6.45) is 5.43. The van der Waals surface area contributed by atoms with E-state index in [0.29, 0.717) is 11.9 Å². The van der Waals surface area contributed by atoms with E-state index in [1.807, 2.05) is 11.9 Å². The van der Waals surface area contributed by atoms with E-state index >= 15 is 0 Å². The average Bonchev–Trinajstić information content (AvgIpc) is 3.12. The molecule has 1 saturated carbocycles. The van der Waals surface area contributed by atoms with Crippen molar-refractivity contribution in [3.05, 3.63) is 0 Å². The summed E-state index contributed by atoms with van der Waals surface area (Å²) in [4.78, 5) is 14.4. The summed E-state index contributed by atoms with van der Waals surface area (Å²) < 4.78 is 0. The lowest BCUT2D eigenvalue weighted by atomic mass is 9.75. The Morgan fingerprint density at radius 1 is 1.40 bits per heavy atom. The highest BCUT2D eigenvalue weighted by atomic mass is 16.2. The van der Waals surface area contributed by atoms with Crippen LogP contribution in [0.2, 0.25) is 0 Å². The molecule has 0 aromatic heterocycles. The molecule has 0 bridgehead atoms. The van der Waals surface area contributed by atoms with Crippen LogP contribution in [0.1, 0.15) is 39.0 Å². The van der Waals surface area contributed by atoms with Crippen molar-refractivity contribution in [1.82, 2.24) is 10.2 Å². The van der Waals surface area contributed by atoms with Crippen molar-refractivity contribution in [2.24, 2.45) is 5.41 Å². The third kappa shape index (κ3) is 2.03. The van der Waals surface area contributed by atoms with Crippen LogP contribution in [0, 0.1) is 5.41 Å². The number of carbonyl (C=O) groups is 1. The largest absolute Gasteiger partial charge is 0.342 e. The topological polar surface area (TPSA) is 32.3 Å². The summed E-state index contributed by atoms with van der Waals surface area (Å²) in [7, 11) is 1.99. The number of rotatable bonds is 3. The molecule has 3 nitrogen and oxygen atoms in total. The van der Waals surface area contributed by atoms with Crippen molar-refractivity contribution in [2.45, 2.75) is 45.1 Å². The van der Waals surface area contributed by atoms with Crippen molar-refractivity contribution in [2.75, 3.05) is 20.1 Å². The molecular weight excluding hydrogens is 188 g/mol. The lowest BCUT2D eigenvalue weighted by Gasteiger charge is -2.38. The van der Waals surface area contributed by atoms with Crippen LogP contribution in [0.15, 0.2) is 0 Å². The molecular formula is C12H22N2O. The summed E-state index contributed by atoms with van der Waals surface area (Å²) in [5, 5.41) is 3.34. The maximum absolute atomic E-state index is 12.4. The molecule has 3 heteroatoms. The van der Waals surface area contributed by atoms with Gasteiger partial charge >= 0.3 is 0 Å². The predicted octanol–water partition coefficient (Wildman–Crippen LogP) is 1.39. The zero-order chi connectivity index (χ0) is 10.9. The zero-order valence-electron chi connectivity index (χ0n) is 9.88. The Kier molecular flexibility index (Phi) is 3.01. The Morgan fingerprint density at radius 2 is 2.00 bits per heavy atom. The van der Waals surface area contributed by atoms with Crippen LogP contribution < -0.4 is 5.32 Å². The SMILES string of the molecule is CCC1(C(=O)N(C)C2CC2)CCNCC1. The van der Waals surface area contributed by atoms with Gasteiger partial charge in [0.2, 0.25) is 5.91 Å². The first-order chi connectivity index (χ1) is 7.19. The minimum Gasteiger partial charge on any atom is -0.342 e. The fraction of sp³-hybridized carbons (Fsp3) is 0.917. The molecule has 1 heterocycles. The van der Waals surface area contributed by atoms with Gasteiger partial charge in [-0.3, -0.25) is 4.79 Å². The van der Waals surface area contributed by atoms with Gasteiger partial charge in [-0.25, -0.2) is 0 Å². The van der Waals surface area contributed by atoms with Crippen molar-refractivity contribution in [1.29, 1.82) is 0 Å². The number of hydrogen-bond donors (Lipinski definition) is 1. The van der Waals surface area contributed by atoms with Crippen LogP contribution in [0.25, 0.3) is 0 Å². The molecule has 1 amide bonds. The van der Waals surface area contributed by atoms with Gasteiger partial charge in [0, 0.05) is 13.1 Å². The molecule has 1 aliphatic heterocycles. The number of hydrogen-bond acceptors (Lipinski definition) is 2. The molecule has 1 saturated heterocycles.